The molecule has 0 amide bonds. The highest BCUT2D eigenvalue weighted by Crippen LogP contribution is 2.16. The van der Waals surface area contributed by atoms with Crippen LogP contribution in [0.2, 0.25) is 0 Å². The van der Waals surface area contributed by atoms with Gasteiger partial charge >= 0.3 is 5.97 Å². The van der Waals surface area contributed by atoms with E-state index in [4.69, 9.17) is 0 Å². The summed E-state index contributed by atoms with van der Waals surface area (Å²) in [6, 6.07) is 13.8. The van der Waals surface area contributed by atoms with Gasteiger partial charge in [-0.1, -0.05) is 42.5 Å². The predicted molar refractivity (Wildman–Crippen MR) is 74.6 cm³/mol. The maximum atomic E-state index is 11.4. The van der Waals surface area contributed by atoms with Crippen LogP contribution in [0.25, 0.3) is 16.8 Å². The van der Waals surface area contributed by atoms with E-state index in [0.717, 1.165) is 16.3 Å². The number of ether oxygens (including phenoxy) is 1. The molecule has 0 saturated heterocycles. The second-order valence-electron chi connectivity index (χ2n) is 4.02. The van der Waals surface area contributed by atoms with Gasteiger partial charge in [0.15, 0.2) is 0 Å². The fourth-order valence-corrected chi connectivity index (χ4v) is 1.75. The third kappa shape index (κ3) is 3.28. The van der Waals surface area contributed by atoms with E-state index >= 15 is 0 Å². The number of fused-ring (bicyclic) bond motifs is 1. The number of hydrogen-bond donors (Lipinski definition) is 0. The third-order valence-corrected chi connectivity index (χ3v) is 2.68. The van der Waals surface area contributed by atoms with Crippen molar-refractivity contribution in [3.63, 3.8) is 0 Å². The highest BCUT2D eigenvalue weighted by atomic mass is 16.5. The van der Waals surface area contributed by atoms with E-state index in [1.807, 2.05) is 42.5 Å². The highest BCUT2D eigenvalue weighted by molar-refractivity contribution is 6.39. The van der Waals surface area contributed by atoms with Crippen LogP contribution in [0.1, 0.15) is 12.5 Å². The van der Waals surface area contributed by atoms with Crippen molar-refractivity contribution in [2.45, 2.75) is 6.92 Å². The van der Waals surface area contributed by atoms with E-state index in [2.05, 4.69) is 4.74 Å². The van der Waals surface area contributed by atoms with E-state index in [1.54, 1.807) is 13.0 Å². The van der Waals surface area contributed by atoms with Gasteiger partial charge in [-0.25, -0.2) is 4.79 Å². The van der Waals surface area contributed by atoms with Gasteiger partial charge in [0.25, 0.3) is 5.78 Å². The van der Waals surface area contributed by atoms with Crippen molar-refractivity contribution in [1.29, 1.82) is 0 Å². The summed E-state index contributed by atoms with van der Waals surface area (Å²) in [6.45, 7) is 1.87. The fraction of sp³-hybridized carbons (Fsp3) is 0.125. The summed E-state index contributed by atoms with van der Waals surface area (Å²) in [4.78, 5) is 22.6. The molecule has 0 aliphatic rings. The van der Waals surface area contributed by atoms with Crippen molar-refractivity contribution in [3.8, 4) is 0 Å². The molecule has 0 heterocycles. The van der Waals surface area contributed by atoms with Gasteiger partial charge in [-0.15, -0.1) is 0 Å². The van der Waals surface area contributed by atoms with Crippen molar-refractivity contribution in [2.24, 2.45) is 0 Å². The number of ketones is 1. The lowest BCUT2D eigenvalue weighted by Gasteiger charge is -1.99. The Morgan fingerprint density at radius 3 is 2.58 bits per heavy atom. The molecule has 0 aliphatic heterocycles. The van der Waals surface area contributed by atoms with Crippen molar-refractivity contribution in [1.82, 2.24) is 0 Å². The molecule has 2 rings (SSSR count). The first-order valence-electron chi connectivity index (χ1n) is 6.08. The number of carbonyl (C=O) groups is 2. The largest absolute Gasteiger partial charge is 0.460 e. The van der Waals surface area contributed by atoms with Crippen LogP contribution in [-0.4, -0.2) is 18.4 Å². The van der Waals surface area contributed by atoms with Crippen molar-refractivity contribution >= 4 is 28.6 Å². The molecule has 0 atom stereocenters. The Morgan fingerprint density at radius 1 is 1.11 bits per heavy atom. The lowest BCUT2D eigenvalue weighted by molar-refractivity contribution is -0.151. The Bertz CT molecular complexity index is 641. The second kappa shape index (κ2) is 5.96. The first kappa shape index (κ1) is 13.0. The van der Waals surface area contributed by atoms with Crippen LogP contribution < -0.4 is 0 Å². The smallest absolute Gasteiger partial charge is 0.379 e. The molecule has 3 nitrogen and oxygen atoms in total. The molecule has 0 unspecified atom stereocenters. The molecule has 0 bridgehead atoms. The lowest BCUT2D eigenvalue weighted by Crippen LogP contribution is -2.14. The predicted octanol–water partition coefficient (Wildman–Crippen LogP) is 2.99. The summed E-state index contributed by atoms with van der Waals surface area (Å²) in [5.41, 5.74) is 0.872. The van der Waals surface area contributed by atoms with Gasteiger partial charge in [-0.05, 0) is 35.4 Å². The zero-order chi connectivity index (χ0) is 13.7. The summed E-state index contributed by atoms with van der Waals surface area (Å²) in [6.07, 6.45) is 2.85. The van der Waals surface area contributed by atoms with Crippen LogP contribution in [0.15, 0.2) is 48.5 Å². The third-order valence-electron chi connectivity index (χ3n) is 2.68. The molecular weight excluding hydrogens is 240 g/mol. The van der Waals surface area contributed by atoms with Gasteiger partial charge in [0.05, 0.1) is 6.61 Å². The van der Waals surface area contributed by atoms with E-state index in [-0.39, 0.29) is 6.61 Å². The Morgan fingerprint density at radius 2 is 1.84 bits per heavy atom. The monoisotopic (exact) mass is 254 g/mol. The minimum atomic E-state index is -0.820. The molecule has 0 radical (unpaired) electrons. The fourth-order valence-electron chi connectivity index (χ4n) is 1.75. The number of rotatable bonds is 4. The molecule has 0 spiro atoms. The molecular formula is C16H14O3. The van der Waals surface area contributed by atoms with Crippen LogP contribution in [0.5, 0.6) is 0 Å². The maximum absolute atomic E-state index is 11.4. The zero-order valence-electron chi connectivity index (χ0n) is 10.6. The molecule has 0 aromatic heterocycles. The van der Waals surface area contributed by atoms with Gasteiger partial charge in [0.1, 0.15) is 0 Å². The summed E-state index contributed by atoms with van der Waals surface area (Å²) in [5, 5.41) is 2.23. The molecule has 19 heavy (non-hydrogen) atoms. The average molecular weight is 254 g/mol. The van der Waals surface area contributed by atoms with Gasteiger partial charge in [-0.2, -0.15) is 0 Å². The quantitative estimate of drug-likeness (QED) is 0.478. The van der Waals surface area contributed by atoms with Crippen molar-refractivity contribution in [2.75, 3.05) is 6.61 Å². The van der Waals surface area contributed by atoms with Crippen LogP contribution in [-0.2, 0) is 14.3 Å². The maximum Gasteiger partial charge on any atom is 0.379 e. The topological polar surface area (TPSA) is 43.4 Å². The van der Waals surface area contributed by atoms with Crippen LogP contribution in [0.3, 0.4) is 0 Å². The number of carbonyl (C=O) groups excluding carboxylic acids is 2. The molecule has 3 heteroatoms. The molecule has 2 aromatic carbocycles. The Balaban J connectivity index is 2.17. The zero-order valence-corrected chi connectivity index (χ0v) is 10.6. The minimum Gasteiger partial charge on any atom is -0.460 e. The molecule has 0 aliphatic carbocycles. The standard InChI is InChI=1S/C16H14O3/c1-2-19-16(18)15(17)10-8-12-7-9-13-5-3-4-6-14(13)11-12/h3-11H,2H2,1H3/b10-8+. The van der Waals surface area contributed by atoms with Crippen LogP contribution in [0.4, 0.5) is 0 Å². The van der Waals surface area contributed by atoms with Gasteiger partial charge < -0.3 is 4.74 Å². The van der Waals surface area contributed by atoms with E-state index in [0.29, 0.717) is 0 Å². The van der Waals surface area contributed by atoms with Crippen molar-refractivity contribution < 1.29 is 14.3 Å². The summed E-state index contributed by atoms with van der Waals surface area (Å²) >= 11 is 0. The van der Waals surface area contributed by atoms with E-state index < -0.39 is 11.8 Å². The number of benzene rings is 2. The summed E-state index contributed by atoms with van der Waals surface area (Å²) in [5.74, 6) is -1.46. The molecule has 0 N–H and O–H groups in total. The first-order chi connectivity index (χ1) is 9.20. The summed E-state index contributed by atoms with van der Waals surface area (Å²) in [7, 11) is 0. The normalized spacial score (nSPS) is 10.8. The highest BCUT2D eigenvalue weighted by Gasteiger charge is 2.10. The molecule has 0 fully saturated rings. The van der Waals surface area contributed by atoms with Crippen molar-refractivity contribution in [3.05, 3.63) is 54.1 Å². The Kier molecular flexibility index (Phi) is 4.08. The Labute approximate surface area is 111 Å². The number of hydrogen-bond acceptors (Lipinski definition) is 3. The minimum absolute atomic E-state index is 0.203. The van der Waals surface area contributed by atoms with E-state index in [1.165, 1.54) is 6.08 Å². The average Bonchev–Trinajstić information content (AvgIpc) is 2.44. The molecule has 96 valence electrons. The molecule has 0 saturated carbocycles. The van der Waals surface area contributed by atoms with Gasteiger partial charge in [0, 0.05) is 0 Å². The van der Waals surface area contributed by atoms with Crippen LogP contribution in [0, 0.1) is 0 Å². The lowest BCUT2D eigenvalue weighted by atomic mass is 10.1. The number of esters is 1. The van der Waals surface area contributed by atoms with E-state index in [9.17, 15) is 9.59 Å². The second-order valence-corrected chi connectivity index (χ2v) is 4.02. The Hall–Kier alpha value is -2.42. The first-order valence-corrected chi connectivity index (χ1v) is 6.08. The SMILES string of the molecule is CCOC(=O)C(=O)/C=C/c1ccc2ccccc2c1. The molecule has 2 aromatic rings. The van der Waals surface area contributed by atoms with Crippen LogP contribution >= 0.6 is 0 Å². The van der Waals surface area contributed by atoms with Gasteiger partial charge in [-0.3, -0.25) is 4.79 Å². The summed E-state index contributed by atoms with van der Waals surface area (Å²) < 4.78 is 4.62. The van der Waals surface area contributed by atoms with Gasteiger partial charge in [0.2, 0.25) is 0 Å².